The lowest BCUT2D eigenvalue weighted by Crippen LogP contribution is -2.43. The van der Waals surface area contributed by atoms with E-state index in [4.69, 9.17) is 0 Å². The van der Waals surface area contributed by atoms with E-state index in [2.05, 4.69) is 10.6 Å². The van der Waals surface area contributed by atoms with Crippen LogP contribution in [0.3, 0.4) is 0 Å². The molecule has 1 aliphatic heterocycles. The fraction of sp³-hybridized carbons (Fsp3) is 0.833. The molecule has 2 amide bonds. The Morgan fingerprint density at radius 1 is 1.26 bits per heavy atom. The van der Waals surface area contributed by atoms with Gasteiger partial charge in [0.2, 0.25) is 11.8 Å². The first kappa shape index (κ1) is 14.3. The molecule has 2 unspecified atom stereocenters. The second-order valence-electron chi connectivity index (χ2n) is 5.51. The third kappa shape index (κ3) is 4.19. The summed E-state index contributed by atoms with van der Waals surface area (Å²) in [5, 5.41) is 5.24. The molecule has 7 heteroatoms. The molecule has 1 saturated carbocycles. The van der Waals surface area contributed by atoms with Gasteiger partial charge in [0.05, 0.1) is 18.1 Å². The second kappa shape index (κ2) is 5.48. The molecule has 6 nitrogen and oxygen atoms in total. The average Bonchev–Trinajstić information content (AvgIpc) is 3.11. The van der Waals surface area contributed by atoms with Gasteiger partial charge in [0, 0.05) is 12.0 Å². The molecule has 0 radical (unpaired) electrons. The van der Waals surface area contributed by atoms with Crippen molar-refractivity contribution in [3.63, 3.8) is 0 Å². The van der Waals surface area contributed by atoms with E-state index < -0.39 is 9.84 Å². The van der Waals surface area contributed by atoms with Crippen molar-refractivity contribution in [1.82, 2.24) is 10.6 Å². The number of rotatable bonds is 5. The summed E-state index contributed by atoms with van der Waals surface area (Å²) in [4.78, 5) is 23.3. The number of sulfone groups is 1. The SMILES string of the molecule is CC(C(=O)NCC(=O)NC1CCS(=O)(=O)C1)C1CC1. The summed E-state index contributed by atoms with van der Waals surface area (Å²) < 4.78 is 22.5. The lowest BCUT2D eigenvalue weighted by atomic mass is 10.1. The van der Waals surface area contributed by atoms with Gasteiger partial charge in [-0.1, -0.05) is 6.92 Å². The first-order valence-electron chi connectivity index (χ1n) is 6.65. The molecule has 1 heterocycles. The van der Waals surface area contributed by atoms with Gasteiger partial charge in [-0.25, -0.2) is 8.42 Å². The standard InChI is InChI=1S/C12H20N2O4S/c1-8(9-2-3-9)12(16)13-6-11(15)14-10-4-5-19(17,18)7-10/h8-10H,2-7H2,1H3,(H,13,16)(H,14,15). The minimum absolute atomic E-state index is 0.00512. The van der Waals surface area contributed by atoms with Crippen LogP contribution in [-0.4, -0.2) is 44.3 Å². The van der Waals surface area contributed by atoms with Crippen molar-refractivity contribution in [2.75, 3.05) is 18.1 Å². The van der Waals surface area contributed by atoms with Crippen molar-refractivity contribution >= 4 is 21.7 Å². The van der Waals surface area contributed by atoms with Crippen LogP contribution in [0.15, 0.2) is 0 Å². The van der Waals surface area contributed by atoms with E-state index in [1.807, 2.05) is 6.92 Å². The Morgan fingerprint density at radius 2 is 1.95 bits per heavy atom. The van der Waals surface area contributed by atoms with E-state index in [1.54, 1.807) is 0 Å². The predicted molar refractivity (Wildman–Crippen MR) is 70.1 cm³/mol. The molecule has 0 aromatic heterocycles. The molecule has 2 fully saturated rings. The number of carbonyl (C=O) groups excluding carboxylic acids is 2. The second-order valence-corrected chi connectivity index (χ2v) is 7.74. The van der Waals surface area contributed by atoms with Gasteiger partial charge in [-0.2, -0.15) is 0 Å². The maximum absolute atomic E-state index is 11.7. The van der Waals surface area contributed by atoms with Gasteiger partial charge >= 0.3 is 0 Å². The zero-order valence-corrected chi connectivity index (χ0v) is 11.8. The first-order valence-corrected chi connectivity index (χ1v) is 8.47. The van der Waals surface area contributed by atoms with Crippen molar-refractivity contribution in [3.8, 4) is 0 Å². The largest absolute Gasteiger partial charge is 0.351 e. The fourth-order valence-electron chi connectivity index (χ4n) is 2.33. The summed E-state index contributed by atoms with van der Waals surface area (Å²) in [5.74, 6) is 0.131. The molecule has 1 saturated heterocycles. The average molecular weight is 288 g/mol. The van der Waals surface area contributed by atoms with Crippen LogP contribution in [0.4, 0.5) is 0 Å². The molecule has 0 aromatic rings. The molecule has 2 aliphatic rings. The molecule has 0 spiro atoms. The van der Waals surface area contributed by atoms with Gasteiger partial charge < -0.3 is 10.6 Å². The highest BCUT2D eigenvalue weighted by atomic mass is 32.2. The van der Waals surface area contributed by atoms with Gasteiger partial charge in [0.15, 0.2) is 9.84 Å². The van der Waals surface area contributed by atoms with Gasteiger partial charge in [-0.05, 0) is 25.2 Å². The highest BCUT2D eigenvalue weighted by Gasteiger charge is 2.33. The highest BCUT2D eigenvalue weighted by molar-refractivity contribution is 7.91. The summed E-state index contributed by atoms with van der Waals surface area (Å²) in [7, 11) is -2.99. The Kier molecular flexibility index (Phi) is 4.13. The lowest BCUT2D eigenvalue weighted by molar-refractivity contribution is -0.128. The Morgan fingerprint density at radius 3 is 2.47 bits per heavy atom. The molecule has 0 bridgehead atoms. The Labute approximate surface area is 113 Å². The number of hydrogen-bond acceptors (Lipinski definition) is 4. The van der Waals surface area contributed by atoms with Crippen LogP contribution in [0.1, 0.15) is 26.2 Å². The smallest absolute Gasteiger partial charge is 0.239 e. The van der Waals surface area contributed by atoms with Gasteiger partial charge in [-0.15, -0.1) is 0 Å². The van der Waals surface area contributed by atoms with Crippen LogP contribution in [-0.2, 0) is 19.4 Å². The summed E-state index contributed by atoms with van der Waals surface area (Å²) in [5.41, 5.74) is 0. The van der Waals surface area contributed by atoms with Crippen molar-refractivity contribution in [2.45, 2.75) is 32.2 Å². The normalized spacial score (nSPS) is 26.7. The van der Waals surface area contributed by atoms with E-state index in [0.717, 1.165) is 12.8 Å². The molecule has 2 N–H and O–H groups in total. The van der Waals surface area contributed by atoms with Crippen molar-refractivity contribution in [2.24, 2.45) is 11.8 Å². The molecule has 19 heavy (non-hydrogen) atoms. The molecule has 2 rings (SSSR count). The van der Waals surface area contributed by atoms with Crippen molar-refractivity contribution in [1.29, 1.82) is 0 Å². The van der Waals surface area contributed by atoms with Gasteiger partial charge in [0.1, 0.15) is 0 Å². The topological polar surface area (TPSA) is 92.3 Å². The molecule has 1 aliphatic carbocycles. The number of hydrogen-bond donors (Lipinski definition) is 2. The van der Waals surface area contributed by atoms with E-state index >= 15 is 0 Å². The minimum atomic E-state index is -2.99. The van der Waals surface area contributed by atoms with E-state index in [0.29, 0.717) is 12.3 Å². The highest BCUT2D eigenvalue weighted by Crippen LogP contribution is 2.36. The fourth-order valence-corrected chi connectivity index (χ4v) is 4.00. The zero-order valence-electron chi connectivity index (χ0n) is 11.0. The van der Waals surface area contributed by atoms with Crippen LogP contribution in [0.5, 0.6) is 0 Å². The minimum Gasteiger partial charge on any atom is -0.351 e. The van der Waals surface area contributed by atoms with Crippen LogP contribution < -0.4 is 10.6 Å². The van der Waals surface area contributed by atoms with Gasteiger partial charge in [0.25, 0.3) is 0 Å². The van der Waals surface area contributed by atoms with Crippen LogP contribution in [0, 0.1) is 11.8 Å². The molecular formula is C12H20N2O4S. The number of amides is 2. The predicted octanol–water partition coefficient (Wildman–Crippen LogP) is -0.548. The maximum atomic E-state index is 11.7. The van der Waals surface area contributed by atoms with Crippen LogP contribution in [0.25, 0.3) is 0 Å². The van der Waals surface area contributed by atoms with Crippen molar-refractivity contribution < 1.29 is 18.0 Å². The maximum Gasteiger partial charge on any atom is 0.239 e. The van der Waals surface area contributed by atoms with Crippen LogP contribution in [0.2, 0.25) is 0 Å². The first-order chi connectivity index (χ1) is 8.87. The molecule has 2 atom stereocenters. The summed E-state index contributed by atoms with van der Waals surface area (Å²) in [6, 6.07) is -0.310. The Hall–Kier alpha value is -1.11. The summed E-state index contributed by atoms with van der Waals surface area (Å²) in [6.07, 6.45) is 2.63. The monoisotopic (exact) mass is 288 g/mol. The van der Waals surface area contributed by atoms with E-state index in [-0.39, 0.29) is 41.8 Å². The zero-order chi connectivity index (χ0) is 14.0. The number of nitrogens with one attached hydrogen (secondary N) is 2. The third-order valence-corrected chi connectivity index (χ3v) is 5.53. The lowest BCUT2D eigenvalue weighted by Gasteiger charge is -2.13. The molecule has 0 aromatic carbocycles. The summed E-state index contributed by atoms with van der Waals surface area (Å²) in [6.45, 7) is 1.79. The Bertz CT molecular complexity index is 470. The summed E-state index contributed by atoms with van der Waals surface area (Å²) >= 11 is 0. The Balaban J connectivity index is 1.68. The van der Waals surface area contributed by atoms with Crippen molar-refractivity contribution in [3.05, 3.63) is 0 Å². The quantitative estimate of drug-likeness (QED) is 0.710. The molecular weight excluding hydrogens is 268 g/mol. The third-order valence-electron chi connectivity index (χ3n) is 3.76. The van der Waals surface area contributed by atoms with E-state index in [1.165, 1.54) is 0 Å². The molecule has 108 valence electrons. The van der Waals surface area contributed by atoms with E-state index in [9.17, 15) is 18.0 Å². The van der Waals surface area contributed by atoms with Crippen LogP contribution >= 0.6 is 0 Å². The van der Waals surface area contributed by atoms with Gasteiger partial charge in [-0.3, -0.25) is 9.59 Å². The number of carbonyl (C=O) groups is 2.